The number of urea groups is 1. The van der Waals surface area contributed by atoms with Gasteiger partial charge in [0.2, 0.25) is 5.91 Å². The van der Waals surface area contributed by atoms with Crippen LogP contribution in [-0.4, -0.2) is 30.0 Å². The van der Waals surface area contributed by atoms with Gasteiger partial charge in [-0.2, -0.15) is 11.8 Å². The lowest BCUT2D eigenvalue weighted by atomic mass is 10.2. The van der Waals surface area contributed by atoms with E-state index in [2.05, 4.69) is 10.6 Å². The van der Waals surface area contributed by atoms with Gasteiger partial charge in [0.1, 0.15) is 6.04 Å². The number of carbonyl (C=O) groups is 2. The predicted molar refractivity (Wildman–Crippen MR) is 79.3 cm³/mol. The quantitative estimate of drug-likeness (QED) is 0.742. The maximum Gasteiger partial charge on any atom is 0.312 e. The highest BCUT2D eigenvalue weighted by Crippen LogP contribution is 2.10. The van der Waals surface area contributed by atoms with Gasteiger partial charge in [-0.25, -0.2) is 4.79 Å². The Bertz CT molecular complexity index is 434. The van der Waals surface area contributed by atoms with Crippen molar-refractivity contribution >= 4 is 29.4 Å². The average Bonchev–Trinajstić information content (AvgIpc) is 2.36. The van der Waals surface area contributed by atoms with Crippen molar-refractivity contribution in [2.45, 2.75) is 19.4 Å². The number of carbonyl (C=O) groups excluding carboxylic acids is 2. The molecule has 1 rings (SSSR count). The molecule has 0 aliphatic rings. The average molecular weight is 281 g/mol. The summed E-state index contributed by atoms with van der Waals surface area (Å²) in [5.74, 6) is 0.517. The van der Waals surface area contributed by atoms with Crippen molar-refractivity contribution in [3.05, 3.63) is 29.8 Å². The van der Waals surface area contributed by atoms with Crippen molar-refractivity contribution in [1.29, 1.82) is 0 Å². The van der Waals surface area contributed by atoms with Gasteiger partial charge in [-0.3, -0.25) is 4.79 Å². The SMILES string of the molecule is CSCC[C@@H](NC(N)=O)C(=O)Nc1ccc(C)cc1. The van der Waals surface area contributed by atoms with Crippen LogP contribution in [0.3, 0.4) is 0 Å². The number of benzene rings is 1. The first-order chi connectivity index (χ1) is 9.02. The Morgan fingerprint density at radius 1 is 1.32 bits per heavy atom. The van der Waals surface area contributed by atoms with Gasteiger partial charge in [-0.05, 0) is 37.5 Å². The fourth-order valence-electron chi connectivity index (χ4n) is 1.54. The van der Waals surface area contributed by atoms with Crippen LogP contribution in [0.1, 0.15) is 12.0 Å². The van der Waals surface area contributed by atoms with Crippen molar-refractivity contribution in [2.24, 2.45) is 5.73 Å². The van der Waals surface area contributed by atoms with E-state index in [1.807, 2.05) is 37.4 Å². The Morgan fingerprint density at radius 2 is 1.95 bits per heavy atom. The highest BCUT2D eigenvalue weighted by Gasteiger charge is 2.19. The molecule has 1 aromatic carbocycles. The normalized spacial score (nSPS) is 11.7. The largest absolute Gasteiger partial charge is 0.352 e. The van der Waals surface area contributed by atoms with E-state index in [4.69, 9.17) is 5.73 Å². The molecule has 0 aromatic heterocycles. The predicted octanol–water partition coefficient (Wildman–Crippen LogP) is 1.72. The number of primary amides is 1. The second-order valence-corrected chi connectivity index (χ2v) is 5.18. The smallest absolute Gasteiger partial charge is 0.312 e. The van der Waals surface area contributed by atoms with Crippen LogP contribution < -0.4 is 16.4 Å². The van der Waals surface area contributed by atoms with Crippen LogP contribution in [0.4, 0.5) is 10.5 Å². The van der Waals surface area contributed by atoms with Gasteiger partial charge in [-0.1, -0.05) is 17.7 Å². The molecule has 19 heavy (non-hydrogen) atoms. The van der Waals surface area contributed by atoms with E-state index < -0.39 is 12.1 Å². The summed E-state index contributed by atoms with van der Waals surface area (Å²) in [5, 5.41) is 5.22. The minimum Gasteiger partial charge on any atom is -0.352 e. The summed E-state index contributed by atoms with van der Waals surface area (Å²) in [6.45, 7) is 1.97. The molecule has 0 saturated carbocycles. The van der Waals surface area contributed by atoms with E-state index in [1.165, 1.54) is 0 Å². The first kappa shape index (κ1) is 15.4. The standard InChI is InChI=1S/C13H19N3O2S/c1-9-3-5-10(6-4-9)15-12(17)11(7-8-19-2)16-13(14)18/h3-6,11H,7-8H2,1-2H3,(H,15,17)(H3,14,16,18)/t11-/m1/s1. The number of amides is 3. The first-order valence-corrected chi connectivity index (χ1v) is 7.34. The molecule has 3 amide bonds. The van der Waals surface area contributed by atoms with E-state index in [0.29, 0.717) is 12.1 Å². The van der Waals surface area contributed by atoms with Crippen molar-refractivity contribution in [1.82, 2.24) is 5.32 Å². The number of nitrogens with one attached hydrogen (secondary N) is 2. The summed E-state index contributed by atoms with van der Waals surface area (Å²) in [7, 11) is 0. The Kier molecular flexibility index (Phi) is 6.21. The summed E-state index contributed by atoms with van der Waals surface area (Å²) >= 11 is 1.61. The molecule has 5 nitrogen and oxygen atoms in total. The highest BCUT2D eigenvalue weighted by atomic mass is 32.2. The number of thioether (sulfide) groups is 1. The molecule has 0 fully saturated rings. The summed E-state index contributed by atoms with van der Waals surface area (Å²) in [4.78, 5) is 22.9. The van der Waals surface area contributed by atoms with Crippen molar-refractivity contribution in [2.75, 3.05) is 17.3 Å². The summed E-state index contributed by atoms with van der Waals surface area (Å²) in [6, 6.07) is 6.17. The third-order valence-corrected chi connectivity index (χ3v) is 3.21. The molecule has 0 aliphatic carbocycles. The van der Waals surface area contributed by atoms with Crippen LogP contribution >= 0.6 is 11.8 Å². The zero-order chi connectivity index (χ0) is 14.3. The monoisotopic (exact) mass is 281 g/mol. The van der Waals surface area contributed by atoms with Crippen molar-refractivity contribution in [3.8, 4) is 0 Å². The molecular formula is C13H19N3O2S. The van der Waals surface area contributed by atoms with Gasteiger partial charge < -0.3 is 16.4 Å². The van der Waals surface area contributed by atoms with E-state index >= 15 is 0 Å². The minimum atomic E-state index is -0.690. The van der Waals surface area contributed by atoms with Gasteiger partial charge in [0.05, 0.1) is 0 Å². The van der Waals surface area contributed by atoms with Crippen molar-refractivity contribution in [3.63, 3.8) is 0 Å². The van der Waals surface area contributed by atoms with Gasteiger partial charge in [0, 0.05) is 5.69 Å². The molecule has 0 radical (unpaired) electrons. The lowest BCUT2D eigenvalue weighted by molar-refractivity contribution is -0.117. The lowest BCUT2D eigenvalue weighted by Crippen LogP contribution is -2.46. The second-order valence-electron chi connectivity index (χ2n) is 4.20. The van der Waals surface area contributed by atoms with Crippen LogP contribution in [0, 0.1) is 6.92 Å². The van der Waals surface area contributed by atoms with Crippen LogP contribution in [0.25, 0.3) is 0 Å². The highest BCUT2D eigenvalue weighted by molar-refractivity contribution is 7.98. The van der Waals surface area contributed by atoms with Crippen LogP contribution in [0.15, 0.2) is 24.3 Å². The molecule has 0 aliphatic heterocycles. The number of hydrogen-bond donors (Lipinski definition) is 3. The second kappa shape index (κ2) is 7.68. The van der Waals surface area contributed by atoms with Crippen molar-refractivity contribution < 1.29 is 9.59 Å². The number of rotatable bonds is 6. The molecule has 0 bridgehead atoms. The third-order valence-electron chi connectivity index (χ3n) is 2.56. The number of hydrogen-bond acceptors (Lipinski definition) is 3. The zero-order valence-corrected chi connectivity index (χ0v) is 11.9. The van der Waals surface area contributed by atoms with Gasteiger partial charge in [0.15, 0.2) is 0 Å². The fraction of sp³-hybridized carbons (Fsp3) is 0.385. The Balaban J connectivity index is 2.64. The van der Waals surface area contributed by atoms with Crippen LogP contribution in [-0.2, 0) is 4.79 Å². The molecule has 4 N–H and O–H groups in total. The molecule has 104 valence electrons. The Morgan fingerprint density at radius 3 is 2.47 bits per heavy atom. The Hall–Kier alpha value is -1.69. The third kappa shape index (κ3) is 5.65. The topological polar surface area (TPSA) is 84.2 Å². The van der Waals surface area contributed by atoms with Gasteiger partial charge in [-0.15, -0.1) is 0 Å². The number of anilines is 1. The molecule has 0 heterocycles. The number of nitrogens with two attached hydrogens (primary N) is 1. The molecule has 0 unspecified atom stereocenters. The summed E-state index contributed by atoms with van der Waals surface area (Å²) in [6.07, 6.45) is 2.49. The van der Waals surface area contributed by atoms with Crippen LogP contribution in [0.5, 0.6) is 0 Å². The van der Waals surface area contributed by atoms with Crippen LogP contribution in [0.2, 0.25) is 0 Å². The van der Waals surface area contributed by atoms with E-state index in [1.54, 1.807) is 11.8 Å². The summed E-state index contributed by atoms with van der Waals surface area (Å²) < 4.78 is 0. The van der Waals surface area contributed by atoms with Gasteiger partial charge >= 0.3 is 6.03 Å². The summed E-state index contributed by atoms with van der Waals surface area (Å²) in [5.41, 5.74) is 6.90. The Labute approximate surface area is 117 Å². The maximum absolute atomic E-state index is 12.0. The first-order valence-electron chi connectivity index (χ1n) is 5.95. The number of aryl methyl sites for hydroxylation is 1. The fourth-order valence-corrected chi connectivity index (χ4v) is 2.01. The van der Waals surface area contributed by atoms with E-state index in [9.17, 15) is 9.59 Å². The van der Waals surface area contributed by atoms with E-state index in [0.717, 1.165) is 11.3 Å². The lowest BCUT2D eigenvalue weighted by Gasteiger charge is -2.16. The molecule has 0 spiro atoms. The minimum absolute atomic E-state index is 0.253. The zero-order valence-electron chi connectivity index (χ0n) is 11.1. The molecular weight excluding hydrogens is 262 g/mol. The molecule has 1 atom stereocenters. The molecule has 6 heteroatoms. The molecule has 0 saturated heterocycles. The maximum atomic E-state index is 12.0. The van der Waals surface area contributed by atoms with E-state index in [-0.39, 0.29) is 5.91 Å². The molecule has 1 aromatic rings. The van der Waals surface area contributed by atoms with Gasteiger partial charge in [0.25, 0.3) is 0 Å².